The normalized spacial score (nSPS) is 10.9. The molecule has 0 radical (unpaired) electrons. The summed E-state index contributed by atoms with van der Waals surface area (Å²) in [4.78, 5) is 36.0. The van der Waals surface area contributed by atoms with Crippen LogP contribution in [0.4, 0.5) is 11.4 Å². The van der Waals surface area contributed by atoms with E-state index in [1.54, 1.807) is 30.5 Å². The molecule has 0 unspecified atom stereocenters. The largest absolute Gasteiger partial charge is 0.337 e. The van der Waals surface area contributed by atoms with E-state index in [-0.39, 0.29) is 24.3 Å². The van der Waals surface area contributed by atoms with Gasteiger partial charge in [0.1, 0.15) is 6.54 Å². The summed E-state index contributed by atoms with van der Waals surface area (Å²) in [5, 5.41) is 10.5. The summed E-state index contributed by atoms with van der Waals surface area (Å²) in [6.07, 6.45) is 3.38. The molecule has 0 saturated carbocycles. The molecule has 0 aliphatic carbocycles. The number of aromatic nitrogens is 1. The molecule has 3 amide bonds. The number of anilines is 2. The molecule has 8 nitrogen and oxygen atoms in total. The Morgan fingerprint density at radius 3 is 2.26 bits per heavy atom. The number of fused-ring (bicyclic) bond motifs is 1. The van der Waals surface area contributed by atoms with E-state index in [1.165, 1.54) is 6.92 Å². The zero-order valence-corrected chi connectivity index (χ0v) is 18.5. The van der Waals surface area contributed by atoms with Crippen molar-refractivity contribution in [3.63, 3.8) is 0 Å². The van der Waals surface area contributed by atoms with E-state index < -0.39 is 0 Å². The van der Waals surface area contributed by atoms with Crippen molar-refractivity contribution >= 4 is 46.2 Å². The summed E-state index contributed by atoms with van der Waals surface area (Å²) in [6, 6.07) is 23.5. The zero-order chi connectivity index (χ0) is 23.9. The van der Waals surface area contributed by atoms with E-state index in [9.17, 15) is 14.4 Å². The second kappa shape index (κ2) is 10.3. The van der Waals surface area contributed by atoms with Gasteiger partial charge in [0.05, 0.1) is 6.21 Å². The lowest BCUT2D eigenvalue weighted by atomic mass is 10.2. The van der Waals surface area contributed by atoms with E-state index >= 15 is 0 Å². The lowest BCUT2D eigenvalue weighted by Crippen LogP contribution is -2.18. The number of para-hydroxylation sites is 2. The van der Waals surface area contributed by atoms with Crippen molar-refractivity contribution in [1.29, 1.82) is 0 Å². The Hall–Kier alpha value is -4.72. The molecule has 0 saturated heterocycles. The van der Waals surface area contributed by atoms with Gasteiger partial charge < -0.3 is 15.2 Å². The van der Waals surface area contributed by atoms with Crippen LogP contribution >= 0.6 is 0 Å². The predicted molar refractivity (Wildman–Crippen MR) is 133 cm³/mol. The minimum Gasteiger partial charge on any atom is -0.337 e. The first-order chi connectivity index (χ1) is 16.5. The van der Waals surface area contributed by atoms with Crippen LogP contribution in [0.1, 0.15) is 22.8 Å². The number of carbonyl (C=O) groups is 3. The third kappa shape index (κ3) is 5.55. The van der Waals surface area contributed by atoms with Gasteiger partial charge in [-0.15, -0.1) is 0 Å². The standard InChI is InChI=1S/C26H23N5O3/c1-18(32)28-22-13-11-19(12-14-22)26(34)30-27-15-20-16-31(24-10-6-5-9-23(20)24)17-25(33)29-21-7-3-2-4-8-21/h2-16H,17H2,1H3,(H,28,32)(H,29,33)(H,30,34)/b27-15-. The van der Waals surface area contributed by atoms with Gasteiger partial charge in [0.15, 0.2) is 0 Å². The maximum Gasteiger partial charge on any atom is 0.271 e. The first-order valence-electron chi connectivity index (χ1n) is 10.6. The summed E-state index contributed by atoms with van der Waals surface area (Å²) in [5.41, 5.74) is 5.91. The van der Waals surface area contributed by atoms with Gasteiger partial charge in [-0.2, -0.15) is 5.10 Å². The SMILES string of the molecule is CC(=O)Nc1ccc(C(=O)N/N=C\c2cn(CC(=O)Nc3ccccc3)c3ccccc23)cc1. The van der Waals surface area contributed by atoms with Crippen LogP contribution in [0.5, 0.6) is 0 Å². The number of carbonyl (C=O) groups excluding carboxylic acids is 3. The molecule has 0 fully saturated rings. The fourth-order valence-electron chi connectivity index (χ4n) is 3.52. The van der Waals surface area contributed by atoms with Gasteiger partial charge in [-0.3, -0.25) is 14.4 Å². The van der Waals surface area contributed by atoms with Crippen LogP contribution in [0, 0.1) is 0 Å². The molecule has 0 spiro atoms. The number of nitrogens with zero attached hydrogens (tertiary/aromatic N) is 2. The van der Waals surface area contributed by atoms with Crippen molar-refractivity contribution < 1.29 is 14.4 Å². The van der Waals surface area contributed by atoms with Gasteiger partial charge in [0.2, 0.25) is 11.8 Å². The second-order valence-corrected chi connectivity index (χ2v) is 7.60. The molecule has 0 bridgehead atoms. The van der Waals surface area contributed by atoms with Gasteiger partial charge in [0.25, 0.3) is 5.91 Å². The van der Waals surface area contributed by atoms with Crippen LogP contribution in [0.2, 0.25) is 0 Å². The van der Waals surface area contributed by atoms with Gasteiger partial charge in [-0.1, -0.05) is 36.4 Å². The Bertz CT molecular complexity index is 1360. The molecular weight excluding hydrogens is 430 g/mol. The molecule has 4 rings (SSSR count). The predicted octanol–water partition coefficient (Wildman–Crippen LogP) is 4.00. The van der Waals surface area contributed by atoms with E-state index in [4.69, 9.17) is 0 Å². The van der Waals surface area contributed by atoms with Crippen LogP contribution in [-0.4, -0.2) is 28.5 Å². The van der Waals surface area contributed by atoms with Crippen LogP contribution in [0.15, 0.2) is 90.2 Å². The monoisotopic (exact) mass is 453 g/mol. The zero-order valence-electron chi connectivity index (χ0n) is 18.5. The summed E-state index contributed by atoms with van der Waals surface area (Å²) >= 11 is 0. The quantitative estimate of drug-likeness (QED) is 0.291. The molecule has 34 heavy (non-hydrogen) atoms. The fourth-order valence-corrected chi connectivity index (χ4v) is 3.52. The third-order valence-corrected chi connectivity index (χ3v) is 5.03. The summed E-state index contributed by atoms with van der Waals surface area (Å²) < 4.78 is 1.84. The van der Waals surface area contributed by atoms with Crippen molar-refractivity contribution in [2.75, 3.05) is 10.6 Å². The van der Waals surface area contributed by atoms with Crippen molar-refractivity contribution in [3.8, 4) is 0 Å². The third-order valence-electron chi connectivity index (χ3n) is 5.03. The van der Waals surface area contributed by atoms with E-state index in [1.807, 2.05) is 65.4 Å². The molecule has 0 aliphatic rings. The van der Waals surface area contributed by atoms with Gasteiger partial charge in [-0.05, 0) is 42.5 Å². The molecule has 4 aromatic rings. The highest BCUT2D eigenvalue weighted by atomic mass is 16.2. The molecule has 1 aromatic heterocycles. The Balaban J connectivity index is 1.45. The maximum atomic E-state index is 12.5. The smallest absolute Gasteiger partial charge is 0.271 e. The lowest BCUT2D eigenvalue weighted by Gasteiger charge is -2.07. The minimum atomic E-state index is -0.378. The van der Waals surface area contributed by atoms with Crippen LogP contribution in [0.3, 0.4) is 0 Å². The van der Waals surface area contributed by atoms with Crippen LogP contribution in [0.25, 0.3) is 10.9 Å². The fraction of sp³-hybridized carbons (Fsp3) is 0.0769. The van der Waals surface area contributed by atoms with E-state index in [2.05, 4.69) is 21.2 Å². The number of rotatable bonds is 7. The number of nitrogens with one attached hydrogen (secondary N) is 3. The first kappa shape index (κ1) is 22.5. The van der Waals surface area contributed by atoms with E-state index in [0.29, 0.717) is 11.3 Å². The maximum absolute atomic E-state index is 12.5. The number of hydrogen-bond donors (Lipinski definition) is 3. The molecule has 1 heterocycles. The molecule has 0 atom stereocenters. The highest BCUT2D eigenvalue weighted by Crippen LogP contribution is 2.20. The Kier molecular flexibility index (Phi) is 6.78. The van der Waals surface area contributed by atoms with Gasteiger partial charge in [-0.25, -0.2) is 5.43 Å². The summed E-state index contributed by atoms with van der Waals surface area (Å²) in [7, 11) is 0. The van der Waals surface area contributed by atoms with Crippen molar-refractivity contribution in [2.45, 2.75) is 13.5 Å². The van der Waals surface area contributed by atoms with Gasteiger partial charge >= 0.3 is 0 Å². The second-order valence-electron chi connectivity index (χ2n) is 7.60. The molecule has 3 aromatic carbocycles. The lowest BCUT2D eigenvalue weighted by molar-refractivity contribution is -0.116. The number of hydrogen-bond acceptors (Lipinski definition) is 4. The molecular formula is C26H23N5O3. The first-order valence-corrected chi connectivity index (χ1v) is 10.6. The highest BCUT2D eigenvalue weighted by molar-refractivity contribution is 6.01. The Morgan fingerprint density at radius 2 is 1.53 bits per heavy atom. The van der Waals surface area contributed by atoms with Crippen molar-refractivity contribution in [2.24, 2.45) is 5.10 Å². The van der Waals surface area contributed by atoms with Crippen LogP contribution in [-0.2, 0) is 16.1 Å². The molecule has 0 aliphatic heterocycles. The average Bonchev–Trinajstić information content (AvgIpc) is 3.17. The number of amides is 3. The average molecular weight is 454 g/mol. The van der Waals surface area contributed by atoms with Crippen molar-refractivity contribution in [3.05, 3.63) is 96.2 Å². The topological polar surface area (TPSA) is 105 Å². The number of hydrazone groups is 1. The molecule has 170 valence electrons. The molecule has 8 heteroatoms. The summed E-state index contributed by atoms with van der Waals surface area (Å²) in [5.74, 6) is -0.707. The van der Waals surface area contributed by atoms with Crippen LogP contribution < -0.4 is 16.1 Å². The Morgan fingerprint density at radius 1 is 0.853 bits per heavy atom. The van der Waals surface area contributed by atoms with Crippen molar-refractivity contribution in [1.82, 2.24) is 9.99 Å². The Labute approximate surface area is 196 Å². The van der Waals surface area contributed by atoms with Gasteiger partial charge in [0, 0.05) is 46.5 Å². The number of benzene rings is 3. The minimum absolute atomic E-state index is 0.135. The highest BCUT2D eigenvalue weighted by Gasteiger charge is 2.11. The molecule has 3 N–H and O–H groups in total. The van der Waals surface area contributed by atoms with E-state index in [0.717, 1.165) is 22.2 Å². The summed E-state index contributed by atoms with van der Waals surface area (Å²) in [6.45, 7) is 1.55.